The van der Waals surface area contributed by atoms with Crippen LogP contribution in [0.1, 0.15) is 10.4 Å². The highest BCUT2D eigenvalue weighted by molar-refractivity contribution is 6.06. The molecule has 1 amide bonds. The van der Waals surface area contributed by atoms with Gasteiger partial charge in [-0.15, -0.1) is 0 Å². The van der Waals surface area contributed by atoms with E-state index in [2.05, 4.69) is 20.3 Å². The molecule has 23 heavy (non-hydrogen) atoms. The third-order valence-electron chi connectivity index (χ3n) is 3.52. The Morgan fingerprint density at radius 1 is 0.826 bits per heavy atom. The first-order valence-corrected chi connectivity index (χ1v) is 7.17. The van der Waals surface area contributed by atoms with Gasteiger partial charge in [-0.1, -0.05) is 12.1 Å². The van der Waals surface area contributed by atoms with E-state index in [0.29, 0.717) is 16.8 Å². The second-order valence-corrected chi connectivity index (χ2v) is 5.11. The Kier molecular flexibility index (Phi) is 3.16. The van der Waals surface area contributed by atoms with Gasteiger partial charge in [-0.3, -0.25) is 9.78 Å². The van der Waals surface area contributed by atoms with Crippen molar-refractivity contribution in [2.75, 3.05) is 5.32 Å². The fourth-order valence-corrected chi connectivity index (χ4v) is 2.40. The normalized spacial score (nSPS) is 10.8. The SMILES string of the molecule is O=C(Nc1cccnc1)c1ccc2nc3ccccc3nc2c1. The van der Waals surface area contributed by atoms with Crippen LogP contribution in [0.5, 0.6) is 0 Å². The number of fused-ring (bicyclic) bond motifs is 2. The summed E-state index contributed by atoms with van der Waals surface area (Å²) < 4.78 is 0. The first-order chi connectivity index (χ1) is 11.3. The monoisotopic (exact) mass is 300 g/mol. The second kappa shape index (κ2) is 5.46. The van der Waals surface area contributed by atoms with Gasteiger partial charge in [-0.05, 0) is 42.5 Å². The van der Waals surface area contributed by atoms with E-state index in [1.807, 2.05) is 30.3 Å². The molecule has 0 fully saturated rings. The summed E-state index contributed by atoms with van der Waals surface area (Å²) in [6.45, 7) is 0. The van der Waals surface area contributed by atoms with Crippen LogP contribution in [0.3, 0.4) is 0 Å². The van der Waals surface area contributed by atoms with Crippen LogP contribution in [0.4, 0.5) is 5.69 Å². The van der Waals surface area contributed by atoms with Crippen LogP contribution < -0.4 is 5.32 Å². The van der Waals surface area contributed by atoms with Crippen LogP contribution >= 0.6 is 0 Å². The summed E-state index contributed by atoms with van der Waals surface area (Å²) in [6, 6.07) is 16.5. The van der Waals surface area contributed by atoms with Crippen molar-refractivity contribution < 1.29 is 4.79 Å². The fraction of sp³-hybridized carbons (Fsp3) is 0. The third kappa shape index (κ3) is 2.60. The Hall–Kier alpha value is -3.34. The van der Waals surface area contributed by atoms with E-state index in [1.54, 1.807) is 36.7 Å². The van der Waals surface area contributed by atoms with E-state index in [-0.39, 0.29) is 5.91 Å². The average molecular weight is 300 g/mol. The minimum Gasteiger partial charge on any atom is -0.321 e. The number of rotatable bonds is 2. The molecule has 0 unspecified atom stereocenters. The van der Waals surface area contributed by atoms with Crippen LogP contribution in [0.2, 0.25) is 0 Å². The number of aromatic nitrogens is 3. The van der Waals surface area contributed by atoms with Crippen molar-refractivity contribution in [2.45, 2.75) is 0 Å². The largest absolute Gasteiger partial charge is 0.321 e. The van der Waals surface area contributed by atoms with Crippen LogP contribution in [0.15, 0.2) is 67.0 Å². The fourth-order valence-electron chi connectivity index (χ4n) is 2.40. The molecule has 0 radical (unpaired) electrons. The zero-order valence-electron chi connectivity index (χ0n) is 12.1. The molecule has 4 rings (SSSR count). The number of carbonyl (C=O) groups excluding carboxylic acids is 1. The topological polar surface area (TPSA) is 67.8 Å². The van der Waals surface area contributed by atoms with Gasteiger partial charge in [-0.2, -0.15) is 0 Å². The van der Waals surface area contributed by atoms with E-state index in [4.69, 9.17) is 0 Å². The van der Waals surface area contributed by atoms with Crippen molar-refractivity contribution in [2.24, 2.45) is 0 Å². The van der Waals surface area contributed by atoms with Crippen molar-refractivity contribution in [1.29, 1.82) is 0 Å². The van der Waals surface area contributed by atoms with Gasteiger partial charge >= 0.3 is 0 Å². The predicted molar refractivity (Wildman–Crippen MR) is 89.2 cm³/mol. The smallest absolute Gasteiger partial charge is 0.255 e. The van der Waals surface area contributed by atoms with Crippen molar-refractivity contribution >= 4 is 33.7 Å². The van der Waals surface area contributed by atoms with Crippen molar-refractivity contribution in [3.05, 3.63) is 72.6 Å². The van der Waals surface area contributed by atoms with Crippen LogP contribution in [0.25, 0.3) is 22.1 Å². The maximum Gasteiger partial charge on any atom is 0.255 e. The summed E-state index contributed by atoms with van der Waals surface area (Å²) in [6.07, 6.45) is 3.26. The third-order valence-corrected chi connectivity index (χ3v) is 3.52. The molecule has 0 atom stereocenters. The molecule has 0 spiro atoms. The molecule has 2 heterocycles. The van der Waals surface area contributed by atoms with Crippen LogP contribution in [-0.2, 0) is 0 Å². The summed E-state index contributed by atoms with van der Waals surface area (Å²) >= 11 is 0. The Labute approximate surface area is 132 Å². The molecule has 2 aromatic heterocycles. The number of benzene rings is 2. The lowest BCUT2D eigenvalue weighted by atomic mass is 10.1. The molecule has 0 aliphatic heterocycles. The molecule has 0 bridgehead atoms. The van der Waals surface area contributed by atoms with Gasteiger partial charge in [0, 0.05) is 11.8 Å². The summed E-state index contributed by atoms with van der Waals surface area (Å²) in [7, 11) is 0. The summed E-state index contributed by atoms with van der Waals surface area (Å²) in [5.41, 5.74) is 4.30. The van der Waals surface area contributed by atoms with Gasteiger partial charge in [0.25, 0.3) is 5.91 Å². The molecule has 0 aliphatic rings. The number of nitrogens with zero attached hydrogens (tertiary/aromatic N) is 3. The first-order valence-electron chi connectivity index (χ1n) is 7.17. The van der Waals surface area contributed by atoms with Crippen LogP contribution in [-0.4, -0.2) is 20.9 Å². The number of hydrogen-bond donors (Lipinski definition) is 1. The van der Waals surface area contributed by atoms with Gasteiger partial charge in [0.15, 0.2) is 0 Å². The standard InChI is InChI=1S/C18H12N4O/c23-18(20-13-4-3-9-19-11-13)12-7-8-16-17(10-12)22-15-6-2-1-5-14(15)21-16/h1-11H,(H,20,23). The number of anilines is 1. The van der Waals surface area contributed by atoms with E-state index in [1.165, 1.54) is 0 Å². The first kappa shape index (κ1) is 13.3. The van der Waals surface area contributed by atoms with Gasteiger partial charge < -0.3 is 5.32 Å². The molecule has 0 saturated heterocycles. The van der Waals surface area contributed by atoms with Crippen molar-refractivity contribution in [3.8, 4) is 0 Å². The van der Waals surface area contributed by atoms with E-state index < -0.39 is 0 Å². The molecular formula is C18H12N4O. The molecular weight excluding hydrogens is 288 g/mol. The second-order valence-electron chi connectivity index (χ2n) is 5.11. The number of hydrogen-bond acceptors (Lipinski definition) is 4. The number of para-hydroxylation sites is 2. The number of nitrogens with one attached hydrogen (secondary N) is 1. The van der Waals surface area contributed by atoms with Crippen LogP contribution in [0, 0.1) is 0 Å². The lowest BCUT2D eigenvalue weighted by Crippen LogP contribution is -2.12. The highest BCUT2D eigenvalue weighted by Crippen LogP contribution is 2.18. The molecule has 110 valence electrons. The van der Waals surface area contributed by atoms with E-state index in [9.17, 15) is 4.79 Å². The minimum absolute atomic E-state index is 0.199. The molecule has 2 aromatic carbocycles. The quantitative estimate of drug-likeness (QED) is 0.576. The van der Waals surface area contributed by atoms with E-state index >= 15 is 0 Å². The zero-order valence-corrected chi connectivity index (χ0v) is 12.1. The van der Waals surface area contributed by atoms with Gasteiger partial charge in [-0.25, -0.2) is 9.97 Å². The average Bonchev–Trinajstić information content (AvgIpc) is 2.60. The van der Waals surface area contributed by atoms with Crippen molar-refractivity contribution in [1.82, 2.24) is 15.0 Å². The lowest BCUT2D eigenvalue weighted by molar-refractivity contribution is 0.102. The summed E-state index contributed by atoms with van der Waals surface area (Å²) in [4.78, 5) is 25.4. The highest BCUT2D eigenvalue weighted by atomic mass is 16.1. The predicted octanol–water partition coefficient (Wildman–Crippen LogP) is 3.43. The zero-order chi connectivity index (χ0) is 15.6. The summed E-state index contributed by atoms with van der Waals surface area (Å²) in [5.74, 6) is -0.199. The maximum absolute atomic E-state index is 12.3. The molecule has 4 aromatic rings. The number of amides is 1. The Morgan fingerprint density at radius 3 is 2.30 bits per heavy atom. The van der Waals surface area contributed by atoms with Gasteiger partial charge in [0.2, 0.25) is 0 Å². The van der Waals surface area contributed by atoms with E-state index in [0.717, 1.165) is 16.6 Å². The molecule has 5 heteroatoms. The maximum atomic E-state index is 12.3. The Bertz CT molecular complexity index is 1020. The number of pyridine rings is 1. The van der Waals surface area contributed by atoms with Gasteiger partial charge in [0.1, 0.15) is 0 Å². The molecule has 0 aliphatic carbocycles. The molecule has 0 saturated carbocycles. The van der Waals surface area contributed by atoms with Crippen molar-refractivity contribution in [3.63, 3.8) is 0 Å². The number of carbonyl (C=O) groups is 1. The Morgan fingerprint density at radius 2 is 1.57 bits per heavy atom. The highest BCUT2D eigenvalue weighted by Gasteiger charge is 2.09. The lowest BCUT2D eigenvalue weighted by Gasteiger charge is -2.06. The molecule has 1 N–H and O–H groups in total. The summed E-state index contributed by atoms with van der Waals surface area (Å²) in [5, 5.41) is 2.81. The minimum atomic E-state index is -0.199. The molecule has 5 nitrogen and oxygen atoms in total. The Balaban J connectivity index is 1.73. The van der Waals surface area contributed by atoms with Gasteiger partial charge in [0.05, 0.1) is 34.0 Å².